The lowest BCUT2D eigenvalue weighted by atomic mass is 9.97. The average molecular weight is 404 g/mol. The van der Waals surface area contributed by atoms with Gasteiger partial charge in [0.2, 0.25) is 0 Å². The highest BCUT2D eigenvalue weighted by Gasteiger charge is 2.21. The third-order valence-electron chi connectivity index (χ3n) is 6.35. The maximum Gasteiger partial charge on any atom is 0.0433 e. The zero-order valence-electron chi connectivity index (χ0n) is 18.4. The van der Waals surface area contributed by atoms with Crippen LogP contribution < -0.4 is 4.90 Å². The van der Waals surface area contributed by atoms with Crippen molar-refractivity contribution in [1.82, 2.24) is 0 Å². The van der Waals surface area contributed by atoms with Crippen molar-refractivity contribution in [2.45, 2.75) is 39.3 Å². The molecule has 0 aromatic heterocycles. The van der Waals surface area contributed by atoms with Crippen LogP contribution in [0.3, 0.4) is 0 Å². The van der Waals surface area contributed by atoms with Gasteiger partial charge in [0, 0.05) is 18.8 Å². The van der Waals surface area contributed by atoms with Gasteiger partial charge in [-0.1, -0.05) is 98.8 Å². The topological polar surface area (TPSA) is 3.24 Å². The van der Waals surface area contributed by atoms with Crippen LogP contribution in [-0.4, -0.2) is 0 Å². The molecule has 31 heavy (non-hydrogen) atoms. The first kappa shape index (κ1) is 19.6. The average Bonchev–Trinajstić information content (AvgIpc) is 3.17. The van der Waals surface area contributed by atoms with E-state index in [0.717, 1.165) is 19.5 Å². The third kappa shape index (κ3) is 4.14. The van der Waals surface area contributed by atoms with Gasteiger partial charge in [0.25, 0.3) is 0 Å². The van der Waals surface area contributed by atoms with Gasteiger partial charge in [-0.05, 0) is 63.4 Å². The van der Waals surface area contributed by atoms with Crippen LogP contribution in [0.25, 0.3) is 11.1 Å². The van der Waals surface area contributed by atoms with E-state index in [2.05, 4.69) is 116 Å². The Morgan fingerprint density at radius 2 is 1.19 bits per heavy atom. The summed E-state index contributed by atoms with van der Waals surface area (Å²) in [4.78, 5) is 2.49. The SMILES string of the molecule is CC(C)c1ccc2c(c1)Cc1cc(N(Cc3ccccc3)Cc3ccccc3)ccc1-2. The van der Waals surface area contributed by atoms with E-state index in [1.165, 1.54) is 44.6 Å². The predicted molar refractivity (Wildman–Crippen MR) is 132 cm³/mol. The van der Waals surface area contributed by atoms with Crippen molar-refractivity contribution in [3.8, 4) is 11.1 Å². The Balaban J connectivity index is 1.47. The molecule has 4 aromatic carbocycles. The minimum Gasteiger partial charge on any atom is -0.363 e. The number of rotatable bonds is 6. The summed E-state index contributed by atoms with van der Waals surface area (Å²) < 4.78 is 0. The highest BCUT2D eigenvalue weighted by Crippen LogP contribution is 2.40. The molecule has 4 aromatic rings. The molecule has 0 heterocycles. The van der Waals surface area contributed by atoms with Crippen LogP contribution in [0.15, 0.2) is 97.1 Å². The fourth-order valence-electron chi connectivity index (χ4n) is 4.62. The molecule has 1 aliphatic carbocycles. The number of nitrogens with zero attached hydrogens (tertiary/aromatic N) is 1. The molecular weight excluding hydrogens is 374 g/mol. The molecule has 0 unspecified atom stereocenters. The maximum atomic E-state index is 2.49. The number of anilines is 1. The van der Waals surface area contributed by atoms with Gasteiger partial charge >= 0.3 is 0 Å². The van der Waals surface area contributed by atoms with E-state index in [1.54, 1.807) is 0 Å². The molecule has 0 fully saturated rings. The lowest BCUT2D eigenvalue weighted by Crippen LogP contribution is -2.22. The van der Waals surface area contributed by atoms with Crippen molar-refractivity contribution in [3.63, 3.8) is 0 Å². The molecule has 1 aliphatic rings. The fraction of sp³-hybridized carbons (Fsp3) is 0.200. The van der Waals surface area contributed by atoms with Crippen LogP contribution >= 0.6 is 0 Å². The van der Waals surface area contributed by atoms with Crippen LogP contribution in [0.4, 0.5) is 5.69 Å². The smallest absolute Gasteiger partial charge is 0.0433 e. The molecule has 0 bridgehead atoms. The molecule has 0 amide bonds. The lowest BCUT2D eigenvalue weighted by Gasteiger charge is -2.26. The predicted octanol–water partition coefficient (Wildman–Crippen LogP) is 7.59. The standard InChI is InChI=1S/C30H29N/c1-22(2)25-13-15-29-26(17-25)18-27-19-28(14-16-30(27)29)31(20-23-9-5-3-6-10-23)21-24-11-7-4-8-12-24/h3-17,19,22H,18,20-21H2,1-2H3. The van der Waals surface area contributed by atoms with E-state index in [0.29, 0.717) is 5.92 Å². The Kier molecular flexibility index (Phi) is 5.34. The van der Waals surface area contributed by atoms with Crippen LogP contribution in [0.5, 0.6) is 0 Å². The first-order valence-electron chi connectivity index (χ1n) is 11.3. The lowest BCUT2D eigenvalue weighted by molar-refractivity contribution is 0.799. The molecule has 0 N–H and O–H groups in total. The largest absolute Gasteiger partial charge is 0.363 e. The van der Waals surface area contributed by atoms with Crippen molar-refractivity contribution in [2.75, 3.05) is 4.90 Å². The van der Waals surface area contributed by atoms with E-state index in [-0.39, 0.29) is 0 Å². The molecule has 0 radical (unpaired) electrons. The van der Waals surface area contributed by atoms with E-state index in [4.69, 9.17) is 0 Å². The second-order valence-electron chi connectivity index (χ2n) is 8.92. The molecule has 1 nitrogen and oxygen atoms in total. The molecule has 0 spiro atoms. The van der Waals surface area contributed by atoms with Gasteiger partial charge in [-0.25, -0.2) is 0 Å². The number of benzene rings is 4. The van der Waals surface area contributed by atoms with E-state index in [9.17, 15) is 0 Å². The Morgan fingerprint density at radius 3 is 1.77 bits per heavy atom. The molecular formula is C30H29N. The quantitative estimate of drug-likeness (QED) is 0.282. The summed E-state index contributed by atoms with van der Waals surface area (Å²) in [6.45, 7) is 6.35. The van der Waals surface area contributed by atoms with Crippen molar-refractivity contribution in [2.24, 2.45) is 0 Å². The molecule has 0 atom stereocenters. The van der Waals surface area contributed by atoms with Gasteiger partial charge in [0.15, 0.2) is 0 Å². The molecule has 0 aliphatic heterocycles. The number of hydrogen-bond acceptors (Lipinski definition) is 1. The van der Waals surface area contributed by atoms with Crippen molar-refractivity contribution in [1.29, 1.82) is 0 Å². The summed E-state index contributed by atoms with van der Waals surface area (Å²) in [5.74, 6) is 0.566. The van der Waals surface area contributed by atoms with Crippen molar-refractivity contribution >= 4 is 5.69 Å². The molecule has 154 valence electrons. The number of fused-ring (bicyclic) bond motifs is 3. The van der Waals surface area contributed by atoms with Crippen molar-refractivity contribution < 1.29 is 0 Å². The zero-order chi connectivity index (χ0) is 21.2. The van der Waals surface area contributed by atoms with Gasteiger partial charge in [0.05, 0.1) is 0 Å². The molecule has 0 saturated heterocycles. The fourth-order valence-corrected chi connectivity index (χ4v) is 4.62. The van der Waals surface area contributed by atoms with E-state index >= 15 is 0 Å². The summed E-state index contributed by atoms with van der Waals surface area (Å²) in [5.41, 5.74) is 11.1. The minimum absolute atomic E-state index is 0.566. The first-order chi connectivity index (χ1) is 15.2. The number of hydrogen-bond donors (Lipinski definition) is 0. The van der Waals surface area contributed by atoms with Gasteiger partial charge in [-0.3, -0.25) is 0 Å². The molecule has 1 heteroatoms. The Hall–Kier alpha value is -3.32. The summed E-state index contributed by atoms with van der Waals surface area (Å²) in [6.07, 6.45) is 1.03. The van der Waals surface area contributed by atoms with Crippen LogP contribution in [0, 0.1) is 0 Å². The highest BCUT2D eigenvalue weighted by atomic mass is 15.1. The zero-order valence-corrected chi connectivity index (χ0v) is 18.4. The van der Waals surface area contributed by atoms with Crippen LogP contribution in [0.1, 0.15) is 47.6 Å². The monoisotopic (exact) mass is 403 g/mol. The molecule has 0 saturated carbocycles. The third-order valence-corrected chi connectivity index (χ3v) is 6.35. The molecule has 5 rings (SSSR count). The first-order valence-corrected chi connectivity index (χ1v) is 11.3. The van der Waals surface area contributed by atoms with Crippen LogP contribution in [-0.2, 0) is 19.5 Å². The summed E-state index contributed by atoms with van der Waals surface area (Å²) in [7, 11) is 0. The Morgan fingerprint density at radius 1 is 0.645 bits per heavy atom. The summed E-state index contributed by atoms with van der Waals surface area (Å²) >= 11 is 0. The Bertz CT molecular complexity index is 1130. The Labute approximate surface area is 186 Å². The maximum absolute atomic E-state index is 2.49. The highest BCUT2D eigenvalue weighted by molar-refractivity contribution is 5.79. The van der Waals surface area contributed by atoms with Crippen LogP contribution in [0.2, 0.25) is 0 Å². The van der Waals surface area contributed by atoms with Crippen molar-refractivity contribution in [3.05, 3.63) is 125 Å². The van der Waals surface area contributed by atoms with Gasteiger partial charge in [-0.2, -0.15) is 0 Å². The second kappa shape index (κ2) is 8.43. The summed E-state index contributed by atoms with van der Waals surface area (Å²) in [5, 5.41) is 0. The van der Waals surface area contributed by atoms with E-state index in [1.807, 2.05) is 0 Å². The van der Waals surface area contributed by atoms with E-state index < -0.39 is 0 Å². The second-order valence-corrected chi connectivity index (χ2v) is 8.92. The van der Waals surface area contributed by atoms with Gasteiger partial charge in [-0.15, -0.1) is 0 Å². The van der Waals surface area contributed by atoms with Gasteiger partial charge < -0.3 is 4.90 Å². The minimum atomic E-state index is 0.566. The summed E-state index contributed by atoms with van der Waals surface area (Å²) in [6, 6.07) is 35.6. The van der Waals surface area contributed by atoms with Gasteiger partial charge in [0.1, 0.15) is 0 Å². The normalized spacial score (nSPS) is 12.0.